The molecule has 2 aliphatic heterocycles. The predicted octanol–water partition coefficient (Wildman–Crippen LogP) is 3.55. The van der Waals surface area contributed by atoms with Gasteiger partial charge in [0, 0.05) is 24.7 Å². The third-order valence-corrected chi connectivity index (χ3v) is 4.90. The molecule has 0 bridgehead atoms. The Hall–Kier alpha value is -1.04. The molecular weight excluding hydrogens is 301 g/mol. The second kappa shape index (κ2) is 5.39. The molecule has 0 amide bonds. The molecule has 2 saturated heterocycles. The van der Waals surface area contributed by atoms with E-state index >= 15 is 0 Å². The standard InChI is InChI=1S/C13H15Cl2N3O2/c14-8-6-11(13(18(19)20)7-9(8)15)16-10-3-5-17-4-1-2-12(10)17/h6-7,10,12,16H,1-5H2. The van der Waals surface area contributed by atoms with Crippen LogP contribution in [0.15, 0.2) is 12.1 Å². The molecular formula is C13H15Cl2N3O2. The Kier molecular flexibility index (Phi) is 3.75. The minimum atomic E-state index is -0.425. The molecule has 2 atom stereocenters. The van der Waals surface area contributed by atoms with Crippen LogP contribution in [-0.2, 0) is 0 Å². The van der Waals surface area contributed by atoms with Crippen LogP contribution >= 0.6 is 23.2 Å². The quantitative estimate of drug-likeness (QED) is 0.684. The van der Waals surface area contributed by atoms with E-state index in [4.69, 9.17) is 23.2 Å². The highest BCUT2D eigenvalue weighted by Crippen LogP contribution is 2.37. The van der Waals surface area contributed by atoms with Gasteiger partial charge in [-0.25, -0.2) is 0 Å². The number of fused-ring (bicyclic) bond motifs is 1. The van der Waals surface area contributed by atoms with Crippen LogP contribution < -0.4 is 5.32 Å². The third kappa shape index (κ3) is 2.45. The van der Waals surface area contributed by atoms with Gasteiger partial charge >= 0.3 is 0 Å². The Bertz CT molecular complexity index is 553. The number of hydrogen-bond donors (Lipinski definition) is 1. The van der Waals surface area contributed by atoms with Crippen molar-refractivity contribution in [2.24, 2.45) is 0 Å². The summed E-state index contributed by atoms with van der Waals surface area (Å²) in [5, 5.41) is 15.0. The van der Waals surface area contributed by atoms with Gasteiger partial charge in [0.15, 0.2) is 0 Å². The van der Waals surface area contributed by atoms with Crippen molar-refractivity contribution in [3.8, 4) is 0 Å². The molecule has 2 unspecified atom stereocenters. The van der Waals surface area contributed by atoms with Crippen LogP contribution in [0.4, 0.5) is 11.4 Å². The SMILES string of the molecule is O=[N+]([O-])c1cc(Cl)c(Cl)cc1NC1CCN2CCCC12. The minimum absolute atomic E-state index is 0.0177. The zero-order valence-corrected chi connectivity index (χ0v) is 12.3. The number of nitro groups is 1. The van der Waals surface area contributed by atoms with Crippen molar-refractivity contribution >= 4 is 34.6 Å². The number of halogens is 2. The number of rotatable bonds is 3. The van der Waals surface area contributed by atoms with Crippen molar-refractivity contribution in [3.05, 3.63) is 32.3 Å². The van der Waals surface area contributed by atoms with Gasteiger partial charge in [0.25, 0.3) is 5.69 Å². The van der Waals surface area contributed by atoms with E-state index in [2.05, 4.69) is 10.2 Å². The van der Waals surface area contributed by atoms with Gasteiger partial charge in [-0.2, -0.15) is 0 Å². The first-order valence-corrected chi connectivity index (χ1v) is 7.46. The fourth-order valence-electron chi connectivity index (χ4n) is 3.25. The van der Waals surface area contributed by atoms with E-state index in [1.807, 2.05) is 0 Å². The van der Waals surface area contributed by atoms with Crippen molar-refractivity contribution in [1.82, 2.24) is 4.90 Å². The predicted molar refractivity (Wildman–Crippen MR) is 79.7 cm³/mol. The molecule has 108 valence electrons. The highest BCUT2D eigenvalue weighted by Gasteiger charge is 2.37. The molecule has 0 radical (unpaired) electrons. The second-order valence-electron chi connectivity index (χ2n) is 5.33. The average Bonchev–Trinajstić information content (AvgIpc) is 2.98. The van der Waals surface area contributed by atoms with Crippen LogP contribution in [0.25, 0.3) is 0 Å². The van der Waals surface area contributed by atoms with Crippen molar-refractivity contribution in [2.75, 3.05) is 18.4 Å². The lowest BCUT2D eigenvalue weighted by Crippen LogP contribution is -2.33. The number of hydrogen-bond acceptors (Lipinski definition) is 4. The minimum Gasteiger partial charge on any atom is -0.375 e. The molecule has 2 heterocycles. The summed E-state index contributed by atoms with van der Waals surface area (Å²) in [5.74, 6) is 0. The fraction of sp³-hybridized carbons (Fsp3) is 0.538. The van der Waals surface area contributed by atoms with Crippen LogP contribution in [0, 0.1) is 10.1 Å². The van der Waals surface area contributed by atoms with Crippen LogP contribution in [0.3, 0.4) is 0 Å². The number of nitrogens with one attached hydrogen (secondary N) is 1. The summed E-state index contributed by atoms with van der Waals surface area (Å²) in [4.78, 5) is 13.2. The van der Waals surface area contributed by atoms with Crippen molar-refractivity contribution in [3.63, 3.8) is 0 Å². The van der Waals surface area contributed by atoms with E-state index in [0.29, 0.717) is 16.8 Å². The van der Waals surface area contributed by atoms with Gasteiger partial charge in [-0.3, -0.25) is 15.0 Å². The topological polar surface area (TPSA) is 58.4 Å². The summed E-state index contributed by atoms with van der Waals surface area (Å²) in [6, 6.07) is 3.59. The number of nitro benzene ring substituents is 1. The van der Waals surface area contributed by atoms with Gasteiger partial charge < -0.3 is 5.32 Å². The first-order valence-electron chi connectivity index (χ1n) is 6.70. The molecule has 3 rings (SSSR count). The first-order chi connectivity index (χ1) is 9.56. The Balaban J connectivity index is 1.86. The van der Waals surface area contributed by atoms with Crippen LogP contribution in [0.2, 0.25) is 10.0 Å². The Morgan fingerprint density at radius 1 is 1.25 bits per heavy atom. The van der Waals surface area contributed by atoms with Crippen molar-refractivity contribution in [2.45, 2.75) is 31.3 Å². The molecule has 20 heavy (non-hydrogen) atoms. The first kappa shape index (κ1) is 13.9. The van der Waals surface area contributed by atoms with Crippen molar-refractivity contribution in [1.29, 1.82) is 0 Å². The second-order valence-corrected chi connectivity index (χ2v) is 6.14. The normalized spacial score (nSPS) is 25.7. The molecule has 0 spiro atoms. The lowest BCUT2D eigenvalue weighted by atomic mass is 10.1. The summed E-state index contributed by atoms with van der Waals surface area (Å²) in [6.07, 6.45) is 3.35. The Labute approximate surface area is 127 Å². The molecule has 2 fully saturated rings. The molecule has 0 aromatic heterocycles. The molecule has 2 aliphatic rings. The molecule has 1 N–H and O–H groups in total. The maximum absolute atomic E-state index is 11.1. The van der Waals surface area contributed by atoms with E-state index in [0.717, 1.165) is 25.9 Å². The summed E-state index contributed by atoms with van der Waals surface area (Å²) in [7, 11) is 0. The molecule has 1 aromatic carbocycles. The average molecular weight is 316 g/mol. The number of benzene rings is 1. The van der Waals surface area contributed by atoms with E-state index < -0.39 is 4.92 Å². The lowest BCUT2D eigenvalue weighted by Gasteiger charge is -2.22. The molecule has 5 nitrogen and oxygen atoms in total. The fourth-order valence-corrected chi connectivity index (χ4v) is 3.58. The van der Waals surface area contributed by atoms with Crippen LogP contribution in [0.1, 0.15) is 19.3 Å². The maximum Gasteiger partial charge on any atom is 0.293 e. The van der Waals surface area contributed by atoms with Gasteiger partial charge in [0.1, 0.15) is 5.69 Å². The summed E-state index contributed by atoms with van der Waals surface area (Å²) in [6.45, 7) is 2.18. The summed E-state index contributed by atoms with van der Waals surface area (Å²) in [5.41, 5.74) is 0.444. The van der Waals surface area contributed by atoms with Crippen molar-refractivity contribution < 1.29 is 4.92 Å². The zero-order valence-electron chi connectivity index (χ0n) is 10.8. The van der Waals surface area contributed by atoms with E-state index in [1.54, 1.807) is 6.07 Å². The van der Waals surface area contributed by atoms with Gasteiger partial charge in [0.2, 0.25) is 0 Å². The number of anilines is 1. The molecule has 1 aromatic rings. The van der Waals surface area contributed by atoms with Gasteiger partial charge in [0.05, 0.1) is 15.0 Å². The highest BCUT2D eigenvalue weighted by atomic mass is 35.5. The monoisotopic (exact) mass is 315 g/mol. The summed E-state index contributed by atoms with van der Waals surface area (Å²) >= 11 is 11.8. The molecule has 7 heteroatoms. The van der Waals surface area contributed by atoms with E-state index in [9.17, 15) is 10.1 Å². The smallest absolute Gasteiger partial charge is 0.293 e. The van der Waals surface area contributed by atoms with E-state index in [1.165, 1.54) is 12.5 Å². The Morgan fingerprint density at radius 2 is 2.00 bits per heavy atom. The summed E-state index contributed by atoms with van der Waals surface area (Å²) < 4.78 is 0. The molecule has 0 aliphatic carbocycles. The van der Waals surface area contributed by atoms with Gasteiger partial charge in [-0.1, -0.05) is 23.2 Å². The third-order valence-electron chi connectivity index (χ3n) is 4.18. The Morgan fingerprint density at radius 3 is 2.75 bits per heavy atom. The highest BCUT2D eigenvalue weighted by molar-refractivity contribution is 6.42. The maximum atomic E-state index is 11.1. The number of nitrogens with zero attached hydrogens (tertiary/aromatic N) is 2. The van der Waals surface area contributed by atoms with Crippen LogP contribution in [0.5, 0.6) is 0 Å². The lowest BCUT2D eigenvalue weighted by molar-refractivity contribution is -0.384. The van der Waals surface area contributed by atoms with Gasteiger partial charge in [-0.05, 0) is 31.9 Å². The van der Waals surface area contributed by atoms with Crippen LogP contribution in [-0.4, -0.2) is 35.0 Å². The largest absolute Gasteiger partial charge is 0.375 e. The van der Waals surface area contributed by atoms with E-state index in [-0.39, 0.29) is 16.8 Å². The van der Waals surface area contributed by atoms with Gasteiger partial charge in [-0.15, -0.1) is 0 Å². The molecule has 0 saturated carbocycles. The zero-order chi connectivity index (χ0) is 14.3.